The minimum atomic E-state index is 0.179. The van der Waals surface area contributed by atoms with E-state index in [1.54, 1.807) is 0 Å². The van der Waals surface area contributed by atoms with Crippen LogP contribution >= 0.6 is 0 Å². The van der Waals surface area contributed by atoms with Crippen LogP contribution in [0.3, 0.4) is 0 Å². The molecule has 0 heterocycles. The maximum Gasteiger partial charge on any atom is 0.220 e. The lowest BCUT2D eigenvalue weighted by molar-refractivity contribution is -0.122. The van der Waals surface area contributed by atoms with Crippen LogP contribution < -0.4 is 11.1 Å². The highest BCUT2D eigenvalue weighted by atomic mass is 16.1. The van der Waals surface area contributed by atoms with Crippen molar-refractivity contribution < 1.29 is 4.79 Å². The summed E-state index contributed by atoms with van der Waals surface area (Å²) in [4.78, 5) is 11.6. The highest BCUT2D eigenvalue weighted by Gasteiger charge is 2.31. The van der Waals surface area contributed by atoms with Gasteiger partial charge < -0.3 is 11.1 Å². The number of rotatable bonds is 6. The Morgan fingerprint density at radius 3 is 2.39 bits per heavy atom. The van der Waals surface area contributed by atoms with Crippen molar-refractivity contribution in [3.63, 3.8) is 0 Å². The molecular formula is C15H30N2O. The summed E-state index contributed by atoms with van der Waals surface area (Å²) >= 11 is 0. The predicted molar refractivity (Wildman–Crippen MR) is 76.2 cm³/mol. The molecule has 18 heavy (non-hydrogen) atoms. The Bertz CT molecular complexity index is 255. The highest BCUT2D eigenvalue weighted by Crippen LogP contribution is 2.40. The zero-order valence-electron chi connectivity index (χ0n) is 12.3. The van der Waals surface area contributed by atoms with Gasteiger partial charge in [-0.25, -0.2) is 0 Å². The first-order valence-corrected chi connectivity index (χ1v) is 7.49. The van der Waals surface area contributed by atoms with Crippen LogP contribution in [-0.2, 0) is 4.79 Å². The van der Waals surface area contributed by atoms with Crippen LogP contribution in [0.15, 0.2) is 0 Å². The first-order chi connectivity index (χ1) is 8.49. The average Bonchev–Trinajstić information content (AvgIpc) is 2.37. The fourth-order valence-corrected chi connectivity index (χ4v) is 2.87. The van der Waals surface area contributed by atoms with E-state index in [0.717, 1.165) is 25.2 Å². The first kappa shape index (κ1) is 15.5. The third-order valence-electron chi connectivity index (χ3n) is 4.72. The smallest absolute Gasteiger partial charge is 0.220 e. The summed E-state index contributed by atoms with van der Waals surface area (Å²) in [6.07, 6.45) is 7.41. The normalized spacial score (nSPS) is 24.9. The zero-order chi connectivity index (χ0) is 13.6. The molecule has 1 fully saturated rings. The number of carbonyl (C=O) groups excluding carboxylic acids is 1. The van der Waals surface area contributed by atoms with Gasteiger partial charge in [-0.2, -0.15) is 0 Å². The number of amides is 1. The average molecular weight is 254 g/mol. The van der Waals surface area contributed by atoms with Crippen molar-refractivity contribution in [3.8, 4) is 0 Å². The highest BCUT2D eigenvalue weighted by molar-refractivity contribution is 5.76. The standard InChI is InChI=1S/C15H30N2O/c1-4-15(2,3)12-7-9-13(10-8-12)17-14(18)6-5-11-16/h12-13H,4-11,16H2,1-3H3,(H,17,18). The Labute approximate surface area is 112 Å². The fourth-order valence-electron chi connectivity index (χ4n) is 2.87. The second-order valence-corrected chi connectivity index (χ2v) is 6.35. The van der Waals surface area contributed by atoms with Crippen molar-refractivity contribution in [1.82, 2.24) is 5.32 Å². The van der Waals surface area contributed by atoms with Crippen LogP contribution in [0.5, 0.6) is 0 Å². The molecule has 0 aliphatic heterocycles. The molecule has 1 aliphatic rings. The molecule has 3 heteroatoms. The van der Waals surface area contributed by atoms with Crippen LogP contribution in [0.2, 0.25) is 0 Å². The monoisotopic (exact) mass is 254 g/mol. The molecule has 3 nitrogen and oxygen atoms in total. The summed E-state index contributed by atoms with van der Waals surface area (Å²) in [5, 5.41) is 3.15. The van der Waals surface area contributed by atoms with Crippen molar-refractivity contribution in [2.75, 3.05) is 6.54 Å². The molecule has 1 rings (SSSR count). The van der Waals surface area contributed by atoms with E-state index in [-0.39, 0.29) is 5.91 Å². The van der Waals surface area contributed by atoms with Crippen molar-refractivity contribution in [2.24, 2.45) is 17.1 Å². The summed E-state index contributed by atoms with van der Waals surface area (Å²) < 4.78 is 0. The summed E-state index contributed by atoms with van der Waals surface area (Å²) in [6.45, 7) is 7.63. The third kappa shape index (κ3) is 4.60. The number of nitrogens with one attached hydrogen (secondary N) is 1. The van der Waals surface area contributed by atoms with E-state index in [0.29, 0.717) is 24.4 Å². The van der Waals surface area contributed by atoms with Crippen molar-refractivity contribution in [2.45, 2.75) is 71.8 Å². The van der Waals surface area contributed by atoms with E-state index in [1.807, 2.05) is 0 Å². The molecule has 1 saturated carbocycles. The Morgan fingerprint density at radius 2 is 1.89 bits per heavy atom. The number of carbonyl (C=O) groups is 1. The largest absolute Gasteiger partial charge is 0.353 e. The molecule has 1 aliphatic carbocycles. The molecule has 3 N–H and O–H groups in total. The number of hydrogen-bond donors (Lipinski definition) is 2. The van der Waals surface area contributed by atoms with Gasteiger partial charge in [-0.3, -0.25) is 4.79 Å². The van der Waals surface area contributed by atoms with Crippen molar-refractivity contribution >= 4 is 5.91 Å². The minimum Gasteiger partial charge on any atom is -0.353 e. The van der Waals surface area contributed by atoms with Gasteiger partial charge in [-0.05, 0) is 50.0 Å². The third-order valence-corrected chi connectivity index (χ3v) is 4.72. The minimum absolute atomic E-state index is 0.179. The van der Waals surface area contributed by atoms with E-state index in [9.17, 15) is 4.79 Å². The molecule has 0 bridgehead atoms. The van der Waals surface area contributed by atoms with Gasteiger partial charge in [0, 0.05) is 12.5 Å². The lowest BCUT2D eigenvalue weighted by atomic mass is 9.69. The fraction of sp³-hybridized carbons (Fsp3) is 0.933. The lowest BCUT2D eigenvalue weighted by Crippen LogP contribution is -2.39. The van der Waals surface area contributed by atoms with Crippen LogP contribution in [-0.4, -0.2) is 18.5 Å². The molecule has 0 aromatic carbocycles. The summed E-state index contributed by atoms with van der Waals surface area (Å²) in [7, 11) is 0. The predicted octanol–water partition coefficient (Wildman–Crippen LogP) is 2.84. The van der Waals surface area contributed by atoms with Gasteiger partial charge in [0.05, 0.1) is 0 Å². The molecule has 0 aromatic rings. The molecule has 0 aromatic heterocycles. The molecule has 1 amide bonds. The Kier molecular flexibility index (Phi) is 6.13. The van der Waals surface area contributed by atoms with Gasteiger partial charge in [0.15, 0.2) is 0 Å². The number of hydrogen-bond acceptors (Lipinski definition) is 2. The Hall–Kier alpha value is -0.570. The molecule has 0 radical (unpaired) electrons. The van der Waals surface area contributed by atoms with Gasteiger partial charge in [-0.15, -0.1) is 0 Å². The van der Waals surface area contributed by atoms with Gasteiger partial charge in [0.1, 0.15) is 0 Å². The Morgan fingerprint density at radius 1 is 1.28 bits per heavy atom. The second-order valence-electron chi connectivity index (χ2n) is 6.35. The Balaban J connectivity index is 2.29. The lowest BCUT2D eigenvalue weighted by Gasteiger charge is -2.39. The molecule has 106 valence electrons. The summed E-state index contributed by atoms with van der Waals surface area (Å²) in [5.74, 6) is 0.998. The second kappa shape index (κ2) is 7.13. The van der Waals surface area contributed by atoms with Crippen LogP contribution in [0, 0.1) is 11.3 Å². The molecule has 0 atom stereocenters. The van der Waals surface area contributed by atoms with Crippen molar-refractivity contribution in [1.29, 1.82) is 0 Å². The maximum absolute atomic E-state index is 11.6. The van der Waals surface area contributed by atoms with E-state index in [1.165, 1.54) is 19.3 Å². The summed E-state index contributed by atoms with van der Waals surface area (Å²) in [5.41, 5.74) is 5.86. The molecule has 0 unspecified atom stereocenters. The molecule has 0 saturated heterocycles. The first-order valence-electron chi connectivity index (χ1n) is 7.49. The number of nitrogens with two attached hydrogens (primary N) is 1. The maximum atomic E-state index is 11.6. The SMILES string of the molecule is CCC(C)(C)C1CCC(NC(=O)CCCN)CC1. The van der Waals surface area contributed by atoms with Crippen LogP contribution in [0.4, 0.5) is 0 Å². The van der Waals surface area contributed by atoms with Crippen molar-refractivity contribution in [3.05, 3.63) is 0 Å². The van der Waals surface area contributed by atoms with E-state index in [2.05, 4.69) is 26.1 Å². The molecule has 0 spiro atoms. The summed E-state index contributed by atoms with van der Waals surface area (Å²) in [6, 6.07) is 0.402. The topological polar surface area (TPSA) is 55.1 Å². The van der Waals surface area contributed by atoms with E-state index in [4.69, 9.17) is 5.73 Å². The van der Waals surface area contributed by atoms with E-state index < -0.39 is 0 Å². The van der Waals surface area contributed by atoms with Gasteiger partial charge in [0.25, 0.3) is 0 Å². The van der Waals surface area contributed by atoms with Gasteiger partial charge in [-0.1, -0.05) is 27.2 Å². The van der Waals surface area contributed by atoms with Crippen LogP contribution in [0.25, 0.3) is 0 Å². The van der Waals surface area contributed by atoms with E-state index >= 15 is 0 Å². The molecular weight excluding hydrogens is 224 g/mol. The zero-order valence-corrected chi connectivity index (χ0v) is 12.3. The quantitative estimate of drug-likeness (QED) is 0.766. The van der Waals surface area contributed by atoms with Crippen LogP contribution in [0.1, 0.15) is 65.7 Å². The van der Waals surface area contributed by atoms with Gasteiger partial charge in [0.2, 0.25) is 5.91 Å². The van der Waals surface area contributed by atoms with Gasteiger partial charge >= 0.3 is 0 Å².